The third-order valence-electron chi connectivity index (χ3n) is 4.17. The van der Waals surface area contributed by atoms with Gasteiger partial charge in [-0.1, -0.05) is 37.6 Å². The second-order valence-corrected chi connectivity index (χ2v) is 6.95. The minimum absolute atomic E-state index is 0.0142. The number of fused-ring (bicyclic) bond motifs is 1. The van der Waals surface area contributed by atoms with E-state index in [1.54, 1.807) is 18.3 Å². The minimum atomic E-state index is -0.0671. The summed E-state index contributed by atoms with van der Waals surface area (Å²) in [6.45, 7) is 4.23. The molecule has 0 saturated heterocycles. The van der Waals surface area contributed by atoms with Gasteiger partial charge in [-0.3, -0.25) is 9.78 Å². The lowest BCUT2D eigenvalue weighted by atomic mass is 10.1. The van der Waals surface area contributed by atoms with E-state index in [-0.39, 0.29) is 11.8 Å². The molecule has 0 saturated carbocycles. The number of pyridine rings is 1. The number of benzene rings is 2. The summed E-state index contributed by atoms with van der Waals surface area (Å²) in [6, 6.07) is 15.2. The fourth-order valence-electron chi connectivity index (χ4n) is 2.62. The van der Waals surface area contributed by atoms with Crippen LogP contribution in [-0.4, -0.2) is 10.9 Å². The van der Waals surface area contributed by atoms with Crippen LogP contribution in [0.25, 0.3) is 10.9 Å². The van der Waals surface area contributed by atoms with Crippen molar-refractivity contribution in [2.45, 2.75) is 20.4 Å². The van der Waals surface area contributed by atoms with Crippen molar-refractivity contribution < 1.29 is 4.79 Å². The number of hydrogen-bond donors (Lipinski definition) is 2. The highest BCUT2D eigenvalue weighted by Gasteiger charge is 2.10. The topological polar surface area (TPSA) is 77.8 Å². The summed E-state index contributed by atoms with van der Waals surface area (Å²) < 4.78 is 0. The average molecular weight is 379 g/mol. The highest BCUT2D eigenvalue weighted by molar-refractivity contribution is 6.31. The zero-order valence-electron chi connectivity index (χ0n) is 15.1. The molecule has 0 radical (unpaired) electrons. The van der Waals surface area contributed by atoms with Gasteiger partial charge in [-0.15, -0.1) is 0 Å². The van der Waals surface area contributed by atoms with Gasteiger partial charge in [0, 0.05) is 34.8 Å². The Morgan fingerprint density at radius 2 is 1.96 bits per heavy atom. The Bertz CT molecular complexity index is 1020. The molecule has 1 amide bonds. The van der Waals surface area contributed by atoms with Gasteiger partial charge >= 0.3 is 0 Å². The quantitative estimate of drug-likeness (QED) is 0.657. The number of carbonyl (C=O) groups is 1. The Hall–Kier alpha value is -3.10. The molecule has 2 aromatic carbocycles. The van der Waals surface area contributed by atoms with Crippen molar-refractivity contribution in [1.82, 2.24) is 4.98 Å². The molecule has 3 rings (SSSR count). The Morgan fingerprint density at radius 1 is 1.22 bits per heavy atom. The summed E-state index contributed by atoms with van der Waals surface area (Å²) in [5.41, 5.74) is 3.73. The van der Waals surface area contributed by atoms with Crippen molar-refractivity contribution >= 4 is 39.8 Å². The van der Waals surface area contributed by atoms with Gasteiger partial charge in [-0.25, -0.2) is 0 Å². The molecule has 0 aliphatic carbocycles. The molecule has 2 N–H and O–H groups in total. The number of rotatable bonds is 5. The summed E-state index contributed by atoms with van der Waals surface area (Å²) in [6.07, 6.45) is 1.56. The minimum Gasteiger partial charge on any atom is -0.379 e. The van der Waals surface area contributed by atoms with Crippen molar-refractivity contribution in [3.05, 3.63) is 64.8 Å². The van der Waals surface area contributed by atoms with Gasteiger partial charge in [0.15, 0.2) is 0 Å². The number of nitrogens with zero attached hydrogens (tertiary/aromatic N) is 2. The van der Waals surface area contributed by atoms with Crippen molar-refractivity contribution in [3.63, 3.8) is 0 Å². The number of aromatic nitrogens is 1. The summed E-state index contributed by atoms with van der Waals surface area (Å²) in [5.74, 6) is -0.0813. The number of nitrogens with one attached hydrogen (secondary N) is 2. The van der Waals surface area contributed by atoms with E-state index in [2.05, 4.69) is 21.7 Å². The van der Waals surface area contributed by atoms with E-state index < -0.39 is 0 Å². The first-order valence-electron chi connectivity index (χ1n) is 8.60. The largest absolute Gasteiger partial charge is 0.379 e. The van der Waals surface area contributed by atoms with Crippen LogP contribution in [0.5, 0.6) is 0 Å². The van der Waals surface area contributed by atoms with Crippen molar-refractivity contribution in [2.24, 2.45) is 5.92 Å². The normalized spacial score (nSPS) is 10.6. The molecule has 0 bridgehead atoms. The van der Waals surface area contributed by atoms with Gasteiger partial charge in [-0.2, -0.15) is 5.26 Å². The van der Waals surface area contributed by atoms with E-state index >= 15 is 0 Å². The molecule has 0 aliphatic rings. The second kappa shape index (κ2) is 8.07. The maximum atomic E-state index is 11.8. The molecule has 0 spiro atoms. The first kappa shape index (κ1) is 18.7. The molecule has 0 fully saturated rings. The molecular formula is C21H19ClN4O. The van der Waals surface area contributed by atoms with E-state index in [0.717, 1.165) is 22.2 Å². The van der Waals surface area contributed by atoms with Crippen molar-refractivity contribution in [3.8, 4) is 6.07 Å². The SMILES string of the molecule is CC(C)C(=O)Nc1ccc(CNc2c(C#N)cnc3ccc(Cl)cc23)cc1. The van der Waals surface area contributed by atoms with Crippen molar-refractivity contribution in [1.29, 1.82) is 5.26 Å². The van der Waals surface area contributed by atoms with Crippen LogP contribution >= 0.6 is 11.6 Å². The Balaban J connectivity index is 1.80. The Kier molecular flexibility index (Phi) is 5.58. The van der Waals surface area contributed by atoms with Crippen molar-refractivity contribution in [2.75, 3.05) is 10.6 Å². The highest BCUT2D eigenvalue weighted by atomic mass is 35.5. The summed E-state index contributed by atoms with van der Waals surface area (Å²) >= 11 is 6.11. The van der Waals surface area contributed by atoms with Crippen LogP contribution in [0.15, 0.2) is 48.7 Å². The van der Waals surface area contributed by atoms with Gasteiger partial charge in [0.2, 0.25) is 5.91 Å². The number of nitriles is 1. The molecule has 1 aromatic heterocycles. The summed E-state index contributed by atoms with van der Waals surface area (Å²) in [4.78, 5) is 16.1. The number of hydrogen-bond acceptors (Lipinski definition) is 4. The third kappa shape index (κ3) is 4.36. The molecule has 6 heteroatoms. The molecule has 1 heterocycles. The van der Waals surface area contributed by atoms with Gasteiger partial charge in [0.1, 0.15) is 6.07 Å². The molecule has 0 unspecified atom stereocenters. The molecule has 0 atom stereocenters. The van der Waals surface area contributed by atoms with E-state index in [1.165, 1.54) is 0 Å². The molecule has 27 heavy (non-hydrogen) atoms. The first-order chi connectivity index (χ1) is 13.0. The molecule has 136 valence electrons. The summed E-state index contributed by atoms with van der Waals surface area (Å²) in [7, 11) is 0. The lowest BCUT2D eigenvalue weighted by Gasteiger charge is -2.12. The predicted molar refractivity (Wildman–Crippen MR) is 109 cm³/mol. The van der Waals surface area contributed by atoms with E-state index in [9.17, 15) is 10.1 Å². The van der Waals surface area contributed by atoms with E-state index in [4.69, 9.17) is 11.6 Å². The van der Waals surface area contributed by atoms with Crippen LogP contribution in [0.1, 0.15) is 25.0 Å². The van der Waals surface area contributed by atoms with Crippen LogP contribution in [0.4, 0.5) is 11.4 Å². The maximum Gasteiger partial charge on any atom is 0.226 e. The van der Waals surface area contributed by atoms with Crippen LogP contribution in [0.2, 0.25) is 5.02 Å². The predicted octanol–water partition coefficient (Wildman–Crippen LogP) is 4.97. The number of carbonyl (C=O) groups excluding carboxylic acids is 1. The zero-order valence-corrected chi connectivity index (χ0v) is 15.8. The number of anilines is 2. The smallest absolute Gasteiger partial charge is 0.226 e. The van der Waals surface area contributed by atoms with E-state index in [0.29, 0.717) is 22.8 Å². The van der Waals surface area contributed by atoms with Crippen LogP contribution in [-0.2, 0) is 11.3 Å². The molecule has 5 nitrogen and oxygen atoms in total. The maximum absolute atomic E-state index is 11.8. The third-order valence-corrected chi connectivity index (χ3v) is 4.40. The summed E-state index contributed by atoms with van der Waals surface area (Å²) in [5, 5.41) is 17.0. The van der Waals surface area contributed by atoms with Crippen LogP contribution < -0.4 is 10.6 Å². The second-order valence-electron chi connectivity index (χ2n) is 6.51. The van der Waals surface area contributed by atoms with Crippen LogP contribution in [0, 0.1) is 17.2 Å². The average Bonchev–Trinajstić information content (AvgIpc) is 2.67. The first-order valence-corrected chi connectivity index (χ1v) is 8.98. The fourth-order valence-corrected chi connectivity index (χ4v) is 2.80. The molecule has 3 aromatic rings. The number of amides is 1. The van der Waals surface area contributed by atoms with Gasteiger partial charge in [0.25, 0.3) is 0 Å². The van der Waals surface area contributed by atoms with Gasteiger partial charge in [0.05, 0.1) is 16.8 Å². The van der Waals surface area contributed by atoms with Crippen LogP contribution in [0.3, 0.4) is 0 Å². The Labute approximate surface area is 163 Å². The van der Waals surface area contributed by atoms with E-state index in [1.807, 2.05) is 44.2 Å². The number of halogens is 1. The van der Waals surface area contributed by atoms with Gasteiger partial charge < -0.3 is 10.6 Å². The lowest BCUT2D eigenvalue weighted by molar-refractivity contribution is -0.118. The molecular weight excluding hydrogens is 360 g/mol. The highest BCUT2D eigenvalue weighted by Crippen LogP contribution is 2.28. The fraction of sp³-hybridized carbons (Fsp3) is 0.190. The van der Waals surface area contributed by atoms with Gasteiger partial charge in [-0.05, 0) is 35.9 Å². The monoisotopic (exact) mass is 378 g/mol. The zero-order chi connectivity index (χ0) is 19.4. The Morgan fingerprint density at radius 3 is 2.63 bits per heavy atom. The lowest BCUT2D eigenvalue weighted by Crippen LogP contribution is -2.17. The standard InChI is InChI=1S/C21H19ClN4O/c1-13(2)21(27)26-17-6-3-14(4-7-17)11-25-20-15(10-23)12-24-19-8-5-16(22)9-18(19)20/h3-9,12-13H,11H2,1-2H3,(H,24,25)(H,26,27). The molecule has 0 aliphatic heterocycles.